The van der Waals surface area contributed by atoms with E-state index in [1.165, 1.54) is 11.6 Å². The number of hydrogen-bond acceptors (Lipinski definition) is 5. The van der Waals surface area contributed by atoms with E-state index < -0.39 is 17.8 Å². The Balaban J connectivity index is 2.14. The molecule has 8 heteroatoms. The molecule has 5 N–H and O–H groups in total. The van der Waals surface area contributed by atoms with Crippen LogP contribution in [0.5, 0.6) is 0 Å². The number of amides is 1. The van der Waals surface area contributed by atoms with Gasteiger partial charge in [0.05, 0.1) is 41.9 Å². The van der Waals surface area contributed by atoms with E-state index in [0.717, 1.165) is 30.7 Å². The molecule has 1 aromatic heterocycles. The largest absolute Gasteiger partial charge is 0.394 e. The summed E-state index contributed by atoms with van der Waals surface area (Å²) in [6, 6.07) is 2.07. The summed E-state index contributed by atoms with van der Waals surface area (Å²) in [5.41, 5.74) is 8.84. The number of carbonyl (C=O) groups is 1. The van der Waals surface area contributed by atoms with E-state index in [1.54, 1.807) is 10.7 Å². The summed E-state index contributed by atoms with van der Waals surface area (Å²) < 4.78 is 16.5. The van der Waals surface area contributed by atoms with Crippen LogP contribution in [0.4, 0.5) is 10.1 Å². The molecule has 2 aromatic rings. The first-order valence-corrected chi connectivity index (χ1v) is 9.36. The average molecular weight is 390 g/mol. The van der Waals surface area contributed by atoms with E-state index in [-0.39, 0.29) is 29.9 Å². The zero-order valence-corrected chi connectivity index (χ0v) is 16.4. The molecule has 0 saturated carbocycles. The van der Waals surface area contributed by atoms with Crippen molar-refractivity contribution < 1.29 is 19.4 Å². The number of aryl methyl sites for hydroxylation is 1. The molecule has 1 amide bonds. The van der Waals surface area contributed by atoms with Crippen molar-refractivity contribution in [2.75, 3.05) is 18.5 Å². The SMILES string of the molecule is Cc1nn(-c2cc(F)c(C(N)=O)c(NC(CO)CO)c2)c2c1CCC(C)(C)C2. The molecule has 152 valence electrons. The van der Waals surface area contributed by atoms with Gasteiger partial charge in [-0.25, -0.2) is 9.07 Å². The van der Waals surface area contributed by atoms with E-state index in [2.05, 4.69) is 24.3 Å². The number of benzene rings is 1. The lowest BCUT2D eigenvalue weighted by molar-refractivity contribution is 0.0997. The molecule has 0 fully saturated rings. The molecule has 0 saturated heterocycles. The van der Waals surface area contributed by atoms with Crippen molar-refractivity contribution in [3.8, 4) is 5.69 Å². The Morgan fingerprint density at radius 3 is 2.68 bits per heavy atom. The molecule has 1 aliphatic rings. The van der Waals surface area contributed by atoms with Gasteiger partial charge in [-0.1, -0.05) is 13.8 Å². The second kappa shape index (κ2) is 7.52. The van der Waals surface area contributed by atoms with Crippen LogP contribution >= 0.6 is 0 Å². The third-order valence-corrected chi connectivity index (χ3v) is 5.35. The molecule has 28 heavy (non-hydrogen) atoms. The van der Waals surface area contributed by atoms with E-state index in [1.807, 2.05) is 6.92 Å². The van der Waals surface area contributed by atoms with Crippen molar-refractivity contribution >= 4 is 11.6 Å². The highest BCUT2D eigenvalue weighted by molar-refractivity contribution is 5.99. The van der Waals surface area contributed by atoms with Crippen LogP contribution in [-0.2, 0) is 12.8 Å². The van der Waals surface area contributed by atoms with Crippen molar-refractivity contribution in [2.24, 2.45) is 11.1 Å². The first-order valence-electron chi connectivity index (χ1n) is 9.36. The van der Waals surface area contributed by atoms with Crippen LogP contribution in [0.2, 0.25) is 0 Å². The van der Waals surface area contributed by atoms with Gasteiger partial charge in [-0.3, -0.25) is 4.79 Å². The maximum atomic E-state index is 14.8. The van der Waals surface area contributed by atoms with Crippen molar-refractivity contribution in [1.29, 1.82) is 0 Å². The molecule has 7 nitrogen and oxygen atoms in total. The predicted octanol–water partition coefficient (Wildman–Crippen LogP) is 1.70. The number of anilines is 1. The lowest BCUT2D eigenvalue weighted by atomic mass is 9.76. The molecular weight excluding hydrogens is 363 g/mol. The monoisotopic (exact) mass is 390 g/mol. The molecule has 1 aromatic carbocycles. The molecule has 1 aliphatic carbocycles. The molecule has 0 unspecified atom stereocenters. The summed E-state index contributed by atoms with van der Waals surface area (Å²) >= 11 is 0. The van der Waals surface area contributed by atoms with Gasteiger partial charge in [0.2, 0.25) is 0 Å². The number of carbonyl (C=O) groups excluding carboxylic acids is 1. The lowest BCUT2D eigenvalue weighted by Crippen LogP contribution is -2.30. The number of fused-ring (bicyclic) bond motifs is 1. The van der Waals surface area contributed by atoms with Gasteiger partial charge in [-0.15, -0.1) is 0 Å². The fourth-order valence-electron chi connectivity index (χ4n) is 3.78. The van der Waals surface area contributed by atoms with Crippen molar-refractivity contribution in [1.82, 2.24) is 9.78 Å². The average Bonchev–Trinajstić information content (AvgIpc) is 2.93. The third-order valence-electron chi connectivity index (χ3n) is 5.35. The number of halogens is 1. The quantitative estimate of drug-likeness (QED) is 0.600. The summed E-state index contributed by atoms with van der Waals surface area (Å²) in [6.07, 6.45) is 2.78. The molecule has 0 radical (unpaired) electrons. The number of nitrogens with zero attached hydrogens (tertiary/aromatic N) is 2. The highest BCUT2D eigenvalue weighted by atomic mass is 19.1. The van der Waals surface area contributed by atoms with Gasteiger partial charge in [0, 0.05) is 11.8 Å². The third kappa shape index (κ3) is 3.74. The smallest absolute Gasteiger partial charge is 0.253 e. The minimum absolute atomic E-state index is 0.114. The van der Waals surface area contributed by atoms with Crippen LogP contribution in [0.25, 0.3) is 5.69 Å². The summed E-state index contributed by atoms with van der Waals surface area (Å²) in [7, 11) is 0. The molecule has 1 heterocycles. The minimum Gasteiger partial charge on any atom is -0.394 e. The Morgan fingerprint density at radius 2 is 2.07 bits per heavy atom. The van der Waals surface area contributed by atoms with Crippen molar-refractivity contribution in [3.63, 3.8) is 0 Å². The fraction of sp³-hybridized carbons (Fsp3) is 0.500. The van der Waals surface area contributed by atoms with E-state index >= 15 is 0 Å². The van der Waals surface area contributed by atoms with Crippen LogP contribution in [0.3, 0.4) is 0 Å². The highest BCUT2D eigenvalue weighted by Gasteiger charge is 2.31. The first kappa shape index (κ1) is 20.3. The number of rotatable bonds is 6. The maximum Gasteiger partial charge on any atom is 0.253 e. The van der Waals surface area contributed by atoms with Crippen molar-refractivity contribution in [3.05, 3.63) is 40.5 Å². The summed E-state index contributed by atoms with van der Waals surface area (Å²) in [5, 5.41) is 26.1. The first-order chi connectivity index (χ1) is 13.2. The van der Waals surface area contributed by atoms with Crippen LogP contribution in [0, 0.1) is 18.2 Å². The zero-order chi connectivity index (χ0) is 20.6. The molecule has 0 bridgehead atoms. The molecule has 0 atom stereocenters. The van der Waals surface area contributed by atoms with E-state index in [4.69, 9.17) is 5.73 Å². The molecule has 0 aliphatic heterocycles. The maximum absolute atomic E-state index is 14.8. The molecule has 0 spiro atoms. The number of hydrogen-bond donors (Lipinski definition) is 4. The molecule has 3 rings (SSSR count). The standard InChI is InChI=1S/C20H27FN4O3/c1-11-14-4-5-20(2,3)8-17(14)25(24-11)13-6-15(21)18(19(22)28)16(7-13)23-12(9-26)10-27/h6-7,12,23,26-27H,4-5,8-10H2,1-3H3,(H2,22,28). The van der Waals surface area contributed by atoms with Gasteiger partial charge in [0.15, 0.2) is 0 Å². The number of nitrogens with two attached hydrogens (primary N) is 1. The summed E-state index contributed by atoms with van der Waals surface area (Å²) in [6.45, 7) is 5.56. The number of primary amides is 1. The van der Waals surface area contributed by atoms with Gasteiger partial charge in [0.1, 0.15) is 5.82 Å². The Kier molecular flexibility index (Phi) is 5.45. The van der Waals surface area contributed by atoms with Crippen LogP contribution in [-0.4, -0.2) is 45.2 Å². The Labute approximate surface area is 163 Å². The van der Waals surface area contributed by atoms with Crippen molar-refractivity contribution in [2.45, 2.75) is 46.1 Å². The Bertz CT molecular complexity index is 903. The second-order valence-corrected chi connectivity index (χ2v) is 8.18. The topological polar surface area (TPSA) is 113 Å². The summed E-state index contributed by atoms with van der Waals surface area (Å²) in [5.74, 6) is -1.71. The van der Waals surface area contributed by atoms with E-state index in [9.17, 15) is 19.4 Å². The number of nitrogens with one attached hydrogen (secondary N) is 1. The summed E-state index contributed by atoms with van der Waals surface area (Å²) in [4.78, 5) is 11.8. The van der Waals surface area contributed by atoms with Gasteiger partial charge >= 0.3 is 0 Å². The van der Waals surface area contributed by atoms with Crippen LogP contribution in [0.15, 0.2) is 12.1 Å². The number of aliphatic hydroxyl groups is 2. The van der Waals surface area contributed by atoms with Gasteiger partial charge in [0.25, 0.3) is 5.91 Å². The van der Waals surface area contributed by atoms with Gasteiger partial charge < -0.3 is 21.3 Å². The Hall–Kier alpha value is -2.45. The van der Waals surface area contributed by atoms with Crippen LogP contribution in [0.1, 0.15) is 47.6 Å². The van der Waals surface area contributed by atoms with E-state index in [0.29, 0.717) is 5.69 Å². The number of aromatic nitrogens is 2. The zero-order valence-electron chi connectivity index (χ0n) is 16.4. The van der Waals surface area contributed by atoms with Crippen LogP contribution < -0.4 is 11.1 Å². The van der Waals surface area contributed by atoms with Gasteiger partial charge in [-0.2, -0.15) is 5.10 Å². The minimum atomic E-state index is -0.930. The highest BCUT2D eigenvalue weighted by Crippen LogP contribution is 2.37. The lowest BCUT2D eigenvalue weighted by Gasteiger charge is -2.30. The van der Waals surface area contributed by atoms with Gasteiger partial charge in [-0.05, 0) is 43.2 Å². The fourth-order valence-corrected chi connectivity index (χ4v) is 3.78. The molecular formula is C20H27FN4O3. The normalized spacial score (nSPS) is 15.5. The Morgan fingerprint density at radius 1 is 1.39 bits per heavy atom. The number of aliphatic hydroxyl groups excluding tert-OH is 2. The predicted molar refractivity (Wildman–Crippen MR) is 104 cm³/mol. The second-order valence-electron chi connectivity index (χ2n) is 8.18.